The number of benzene rings is 4. The van der Waals surface area contributed by atoms with Gasteiger partial charge in [-0.1, -0.05) is 75.8 Å². The van der Waals surface area contributed by atoms with Crippen LogP contribution in [0.1, 0.15) is 31.8 Å². The fourth-order valence-corrected chi connectivity index (χ4v) is 6.73. The van der Waals surface area contributed by atoms with Crippen LogP contribution >= 0.6 is 34.9 Å². The molecule has 0 spiro atoms. The van der Waals surface area contributed by atoms with Crippen molar-refractivity contribution in [1.29, 1.82) is 0 Å². The average Bonchev–Trinajstić information content (AvgIpc) is 3.47. The van der Waals surface area contributed by atoms with Gasteiger partial charge in [0, 0.05) is 15.6 Å². The maximum atomic E-state index is 13.0. The van der Waals surface area contributed by atoms with Crippen molar-refractivity contribution in [2.75, 3.05) is 7.11 Å². The smallest absolute Gasteiger partial charge is 0.399 e. The number of hydrogen-bond acceptors (Lipinski definition) is 9. The second-order valence-electron chi connectivity index (χ2n) is 9.61. The number of rotatable bonds is 11. The molecular weight excluding hydrogens is 707 g/mol. The van der Waals surface area contributed by atoms with E-state index >= 15 is 0 Å². The molecule has 1 amide bonds. The van der Waals surface area contributed by atoms with E-state index in [0.717, 1.165) is 0 Å². The van der Waals surface area contributed by atoms with Gasteiger partial charge in [0.15, 0.2) is 0 Å². The number of methoxy groups -OCH3 is 1. The zero-order valence-corrected chi connectivity index (χ0v) is 27.1. The lowest BCUT2D eigenvalue weighted by Gasteiger charge is -2.10. The molecule has 1 heterocycles. The van der Waals surface area contributed by atoms with Crippen molar-refractivity contribution in [3.05, 3.63) is 129 Å². The standard InChI is InChI=1S/C31H23BrF2N3O7PS/c1-41-30(39)23-10-6-12-26(17-23)42-25-11-5-9-22(16-25)29-36-37(31(46-29)35-28(38)21-7-3-2-4-8-21)18-20-13-14-24(27(32)15-20)19-45(40,43-33)44-34/h2-17H,18-19H2,1H3. The monoisotopic (exact) mass is 729 g/mol. The Bertz CT molecular complexity index is 2000. The van der Waals surface area contributed by atoms with Crippen molar-refractivity contribution in [3.63, 3.8) is 0 Å². The molecule has 236 valence electrons. The van der Waals surface area contributed by atoms with Gasteiger partial charge in [-0.05, 0) is 68.7 Å². The normalized spacial score (nSPS) is 11.8. The maximum Gasteiger partial charge on any atom is 0.399 e. The van der Waals surface area contributed by atoms with E-state index in [2.05, 4.69) is 30.4 Å². The molecule has 0 saturated carbocycles. The van der Waals surface area contributed by atoms with E-state index in [1.54, 1.807) is 89.6 Å². The van der Waals surface area contributed by atoms with Crippen LogP contribution in [-0.2, 0) is 31.5 Å². The Morgan fingerprint density at radius 3 is 2.30 bits per heavy atom. The highest BCUT2D eigenvalue weighted by Gasteiger charge is 2.29. The summed E-state index contributed by atoms with van der Waals surface area (Å²) >= 11 is 4.52. The van der Waals surface area contributed by atoms with Crippen molar-refractivity contribution in [3.8, 4) is 22.1 Å². The third kappa shape index (κ3) is 8.08. The number of amides is 1. The molecule has 10 nitrogen and oxygen atoms in total. The third-order valence-corrected chi connectivity index (χ3v) is 9.32. The predicted octanol–water partition coefficient (Wildman–Crippen LogP) is 8.24. The van der Waals surface area contributed by atoms with Crippen LogP contribution in [0.15, 0.2) is 107 Å². The lowest BCUT2D eigenvalue weighted by Crippen LogP contribution is -2.19. The molecule has 5 rings (SSSR count). The largest absolute Gasteiger partial charge is 0.465 e. The zero-order chi connectivity index (χ0) is 32.7. The van der Waals surface area contributed by atoms with E-state index in [1.807, 2.05) is 6.07 Å². The second kappa shape index (κ2) is 14.8. The van der Waals surface area contributed by atoms with E-state index in [-0.39, 0.29) is 12.1 Å². The summed E-state index contributed by atoms with van der Waals surface area (Å²) in [5.41, 5.74) is 2.38. The minimum Gasteiger partial charge on any atom is -0.465 e. The maximum absolute atomic E-state index is 13.0. The fraction of sp³-hybridized carbons (Fsp3) is 0.0968. The van der Waals surface area contributed by atoms with Gasteiger partial charge in [0.1, 0.15) is 16.5 Å². The second-order valence-corrected chi connectivity index (χ2v) is 13.2. The summed E-state index contributed by atoms with van der Waals surface area (Å²) in [6, 6.07) is 27.1. The molecule has 0 atom stereocenters. The molecule has 0 aliphatic heterocycles. The molecule has 15 heteroatoms. The number of ether oxygens (including phenoxy) is 2. The van der Waals surface area contributed by atoms with Gasteiger partial charge in [0.25, 0.3) is 5.91 Å². The summed E-state index contributed by atoms with van der Waals surface area (Å²) < 4.78 is 56.3. The zero-order valence-electron chi connectivity index (χ0n) is 23.8. The Labute approximate surface area is 273 Å². The molecule has 0 bridgehead atoms. The van der Waals surface area contributed by atoms with Gasteiger partial charge >= 0.3 is 13.6 Å². The number of aromatic nitrogens is 2. The summed E-state index contributed by atoms with van der Waals surface area (Å²) in [5.74, 6) is -0.0414. The summed E-state index contributed by atoms with van der Waals surface area (Å²) in [6.45, 7) is 0.156. The molecule has 0 aliphatic carbocycles. The van der Waals surface area contributed by atoms with E-state index in [0.29, 0.717) is 48.0 Å². The minimum absolute atomic E-state index is 0.156. The third-order valence-electron chi connectivity index (χ3n) is 6.43. The number of esters is 1. The lowest BCUT2D eigenvalue weighted by atomic mass is 10.1. The van der Waals surface area contributed by atoms with Crippen LogP contribution in [-0.4, -0.2) is 28.8 Å². The number of carbonyl (C=O) groups is 2. The van der Waals surface area contributed by atoms with Crippen LogP contribution in [0.4, 0.5) is 9.05 Å². The lowest BCUT2D eigenvalue weighted by molar-refractivity contribution is -0.0881. The number of nitrogens with zero attached hydrogens (tertiary/aromatic N) is 3. The van der Waals surface area contributed by atoms with Gasteiger partial charge < -0.3 is 9.47 Å². The van der Waals surface area contributed by atoms with Crippen molar-refractivity contribution in [2.45, 2.75) is 12.7 Å². The summed E-state index contributed by atoms with van der Waals surface area (Å²) in [4.78, 5) is 29.6. The Hall–Kier alpha value is -4.33. The highest BCUT2D eigenvalue weighted by molar-refractivity contribution is 9.10. The van der Waals surface area contributed by atoms with Crippen LogP contribution in [0.25, 0.3) is 10.6 Å². The highest BCUT2D eigenvalue weighted by atomic mass is 79.9. The van der Waals surface area contributed by atoms with Crippen LogP contribution in [0.5, 0.6) is 11.5 Å². The van der Waals surface area contributed by atoms with Crippen LogP contribution in [0.3, 0.4) is 0 Å². The van der Waals surface area contributed by atoms with Gasteiger partial charge in [0.05, 0.1) is 25.4 Å². The van der Waals surface area contributed by atoms with Gasteiger partial charge in [-0.2, -0.15) is 10.1 Å². The van der Waals surface area contributed by atoms with Crippen molar-refractivity contribution in [2.24, 2.45) is 4.99 Å². The number of halogens is 3. The summed E-state index contributed by atoms with van der Waals surface area (Å²) in [6.07, 6.45) is -0.646. The molecule has 46 heavy (non-hydrogen) atoms. The Morgan fingerprint density at radius 1 is 0.913 bits per heavy atom. The van der Waals surface area contributed by atoms with E-state index in [9.17, 15) is 23.2 Å². The molecule has 0 radical (unpaired) electrons. The molecule has 0 N–H and O–H groups in total. The Morgan fingerprint density at radius 2 is 1.61 bits per heavy atom. The first-order chi connectivity index (χ1) is 22.2. The van der Waals surface area contributed by atoms with E-state index in [4.69, 9.17) is 14.6 Å². The van der Waals surface area contributed by atoms with Crippen LogP contribution < -0.4 is 9.54 Å². The summed E-state index contributed by atoms with van der Waals surface area (Å²) in [5, 5.41) is 5.26. The molecule has 4 aromatic carbocycles. The quantitative estimate of drug-likeness (QED) is 0.0986. The molecule has 0 aliphatic rings. The molecule has 5 aromatic rings. The van der Waals surface area contributed by atoms with Gasteiger partial charge in [-0.15, -0.1) is 9.46 Å². The molecular formula is C31H23BrF2N3O7PS. The van der Waals surface area contributed by atoms with Gasteiger partial charge in [-0.3, -0.25) is 9.36 Å². The number of carbonyl (C=O) groups excluding carboxylic acids is 2. The topological polar surface area (TPSA) is 118 Å². The fourth-order valence-electron chi connectivity index (χ4n) is 4.24. The Balaban J connectivity index is 1.48. The van der Waals surface area contributed by atoms with Crippen LogP contribution in [0, 0.1) is 0 Å². The average molecular weight is 730 g/mol. The molecule has 0 unspecified atom stereocenters. The number of hydrogen-bond donors (Lipinski definition) is 0. The SMILES string of the molecule is COC(=O)c1cccc(Oc2cccc(-c3nn(Cc4ccc(CP(=O)(OF)OF)c(Br)c4)c(=NC(=O)c4ccccc4)s3)c2)c1. The minimum atomic E-state index is -4.59. The van der Waals surface area contributed by atoms with Crippen molar-refractivity contribution >= 4 is 46.7 Å². The van der Waals surface area contributed by atoms with Crippen molar-refractivity contribution < 1.29 is 42.1 Å². The van der Waals surface area contributed by atoms with Gasteiger partial charge in [0.2, 0.25) is 4.80 Å². The Kier molecular flexibility index (Phi) is 10.7. The molecule has 0 fully saturated rings. The molecule has 1 aromatic heterocycles. The van der Waals surface area contributed by atoms with E-state index < -0.39 is 25.6 Å². The predicted molar refractivity (Wildman–Crippen MR) is 169 cm³/mol. The molecule has 0 saturated heterocycles. The highest BCUT2D eigenvalue weighted by Crippen LogP contribution is 2.53. The van der Waals surface area contributed by atoms with Crippen LogP contribution in [0.2, 0.25) is 0 Å². The first-order valence-electron chi connectivity index (χ1n) is 13.4. The summed E-state index contributed by atoms with van der Waals surface area (Å²) in [7, 11) is -3.29. The first kappa shape index (κ1) is 33.0. The van der Waals surface area contributed by atoms with Gasteiger partial charge in [-0.25, -0.2) is 9.48 Å². The first-order valence-corrected chi connectivity index (χ1v) is 16.7. The van der Waals surface area contributed by atoms with Crippen molar-refractivity contribution in [1.82, 2.24) is 9.78 Å². The van der Waals surface area contributed by atoms with E-state index in [1.165, 1.54) is 24.5 Å².